The average molecular weight is 259 g/mol. The molecule has 0 radical (unpaired) electrons. The molecule has 0 saturated carbocycles. The highest BCUT2D eigenvalue weighted by atomic mass is 16.6. The minimum atomic E-state index is -0.248. The zero-order chi connectivity index (χ0) is 13.8. The summed E-state index contributed by atoms with van der Waals surface area (Å²) in [5, 5.41) is 4.40. The Labute approximate surface area is 112 Å². The second-order valence-corrected chi connectivity index (χ2v) is 4.25. The van der Waals surface area contributed by atoms with E-state index in [0.717, 1.165) is 17.1 Å². The molecule has 0 unspecified atom stereocenters. The maximum Gasteiger partial charge on any atom is 0.274 e. The highest BCUT2D eigenvalue weighted by Gasteiger charge is 2.07. The third kappa shape index (κ3) is 3.00. The van der Waals surface area contributed by atoms with E-state index in [0.29, 0.717) is 12.2 Å². The maximum atomic E-state index is 11.7. The fourth-order valence-corrected chi connectivity index (χ4v) is 1.84. The Morgan fingerprint density at radius 3 is 2.53 bits per heavy atom. The maximum absolute atomic E-state index is 11.7. The van der Waals surface area contributed by atoms with Crippen LogP contribution in [0.2, 0.25) is 0 Å². The van der Waals surface area contributed by atoms with Gasteiger partial charge in [0, 0.05) is 11.3 Å². The lowest BCUT2D eigenvalue weighted by Crippen LogP contribution is -2.23. The van der Waals surface area contributed by atoms with Crippen molar-refractivity contribution in [2.75, 3.05) is 6.61 Å². The summed E-state index contributed by atoms with van der Waals surface area (Å²) in [6.07, 6.45) is 0. The van der Waals surface area contributed by atoms with Crippen molar-refractivity contribution < 1.29 is 9.63 Å². The van der Waals surface area contributed by atoms with Gasteiger partial charge in [0.05, 0.1) is 18.0 Å². The van der Waals surface area contributed by atoms with Gasteiger partial charge < -0.3 is 0 Å². The normalized spacial score (nSPS) is 10.5. The topological polar surface area (TPSA) is 56.1 Å². The van der Waals surface area contributed by atoms with Gasteiger partial charge in [-0.25, -0.2) is 10.2 Å². The van der Waals surface area contributed by atoms with Gasteiger partial charge in [0.15, 0.2) is 0 Å². The van der Waals surface area contributed by atoms with Crippen molar-refractivity contribution in [3.05, 3.63) is 47.3 Å². The first-order valence-electron chi connectivity index (χ1n) is 6.17. The number of hydroxylamine groups is 1. The van der Waals surface area contributed by atoms with Crippen LogP contribution < -0.4 is 5.48 Å². The molecule has 5 nitrogen and oxygen atoms in total. The Kier molecular flexibility index (Phi) is 3.97. The first-order chi connectivity index (χ1) is 9.11. The summed E-state index contributed by atoms with van der Waals surface area (Å²) in [7, 11) is 0. The van der Waals surface area contributed by atoms with Crippen molar-refractivity contribution in [1.29, 1.82) is 0 Å². The first-order valence-corrected chi connectivity index (χ1v) is 6.17. The van der Waals surface area contributed by atoms with Crippen LogP contribution in [-0.2, 0) is 4.84 Å². The van der Waals surface area contributed by atoms with E-state index < -0.39 is 0 Å². The number of benzene rings is 1. The SMILES string of the molecule is CCONC(=O)c1ccc(-n2nc(C)cc2C)cc1. The molecule has 5 heteroatoms. The van der Waals surface area contributed by atoms with E-state index in [9.17, 15) is 4.79 Å². The van der Waals surface area contributed by atoms with Gasteiger partial charge in [-0.2, -0.15) is 5.10 Å². The molecule has 1 N–H and O–H groups in total. The van der Waals surface area contributed by atoms with E-state index >= 15 is 0 Å². The van der Waals surface area contributed by atoms with Crippen molar-refractivity contribution in [3.63, 3.8) is 0 Å². The Morgan fingerprint density at radius 1 is 1.32 bits per heavy atom. The molecule has 0 fully saturated rings. The predicted octanol–water partition coefficient (Wildman–Crippen LogP) is 2.17. The summed E-state index contributed by atoms with van der Waals surface area (Å²) >= 11 is 0. The lowest BCUT2D eigenvalue weighted by atomic mass is 10.2. The molecular weight excluding hydrogens is 242 g/mol. The van der Waals surface area contributed by atoms with E-state index in [1.807, 2.05) is 43.7 Å². The zero-order valence-corrected chi connectivity index (χ0v) is 11.3. The molecule has 100 valence electrons. The minimum Gasteiger partial charge on any atom is -0.274 e. The van der Waals surface area contributed by atoms with Gasteiger partial charge in [0.2, 0.25) is 0 Å². The van der Waals surface area contributed by atoms with Crippen LogP contribution in [0.1, 0.15) is 28.7 Å². The predicted molar refractivity (Wildman–Crippen MR) is 72.1 cm³/mol. The lowest BCUT2D eigenvalue weighted by molar-refractivity contribution is 0.0364. The van der Waals surface area contributed by atoms with Gasteiger partial charge in [-0.15, -0.1) is 0 Å². The number of hydrogen-bond acceptors (Lipinski definition) is 3. The summed E-state index contributed by atoms with van der Waals surface area (Å²) < 4.78 is 1.85. The van der Waals surface area contributed by atoms with E-state index in [4.69, 9.17) is 4.84 Å². The number of carbonyl (C=O) groups excluding carboxylic acids is 1. The van der Waals surface area contributed by atoms with Gasteiger partial charge in [-0.1, -0.05) is 0 Å². The smallest absolute Gasteiger partial charge is 0.274 e. The monoisotopic (exact) mass is 259 g/mol. The highest BCUT2D eigenvalue weighted by Crippen LogP contribution is 2.13. The fraction of sp³-hybridized carbons (Fsp3) is 0.286. The standard InChI is InChI=1S/C14H17N3O2/c1-4-19-16-14(18)12-5-7-13(8-6-12)17-11(3)9-10(2)15-17/h5-9H,4H2,1-3H3,(H,16,18). The van der Waals surface area contributed by atoms with E-state index in [2.05, 4.69) is 10.6 Å². The van der Waals surface area contributed by atoms with Gasteiger partial charge in [-0.3, -0.25) is 9.63 Å². The number of aromatic nitrogens is 2. The van der Waals surface area contributed by atoms with E-state index in [1.54, 1.807) is 12.1 Å². The molecule has 1 heterocycles. The molecule has 0 saturated heterocycles. The molecule has 0 spiro atoms. The van der Waals surface area contributed by atoms with Crippen LogP contribution >= 0.6 is 0 Å². The number of rotatable bonds is 4. The van der Waals surface area contributed by atoms with Crippen molar-refractivity contribution in [2.45, 2.75) is 20.8 Å². The van der Waals surface area contributed by atoms with Crippen LogP contribution in [0.3, 0.4) is 0 Å². The van der Waals surface area contributed by atoms with Gasteiger partial charge in [0.1, 0.15) is 0 Å². The van der Waals surface area contributed by atoms with Crippen molar-refractivity contribution in [2.24, 2.45) is 0 Å². The molecule has 0 aliphatic carbocycles. The summed E-state index contributed by atoms with van der Waals surface area (Å²) in [6, 6.07) is 9.23. The second kappa shape index (κ2) is 5.67. The third-order valence-electron chi connectivity index (χ3n) is 2.69. The largest absolute Gasteiger partial charge is 0.274 e. The molecule has 1 amide bonds. The number of nitrogens with one attached hydrogen (secondary N) is 1. The Bertz CT molecular complexity index is 573. The minimum absolute atomic E-state index is 0.248. The van der Waals surface area contributed by atoms with Crippen LogP contribution in [0.25, 0.3) is 5.69 Å². The number of aryl methyl sites for hydroxylation is 2. The molecule has 1 aromatic heterocycles. The molecule has 2 aromatic rings. The molecule has 0 aliphatic rings. The number of amides is 1. The summed E-state index contributed by atoms with van der Waals surface area (Å²) in [5.41, 5.74) is 5.87. The van der Waals surface area contributed by atoms with E-state index in [-0.39, 0.29) is 5.91 Å². The highest BCUT2D eigenvalue weighted by molar-refractivity contribution is 5.93. The molecule has 1 aromatic carbocycles. The molecule has 19 heavy (non-hydrogen) atoms. The number of carbonyl (C=O) groups is 1. The number of nitrogens with zero attached hydrogens (tertiary/aromatic N) is 2. The van der Waals surface area contributed by atoms with Crippen LogP contribution in [0.5, 0.6) is 0 Å². The second-order valence-electron chi connectivity index (χ2n) is 4.25. The molecule has 0 aliphatic heterocycles. The molecule has 0 atom stereocenters. The molecule has 0 bridgehead atoms. The van der Waals surface area contributed by atoms with Crippen molar-refractivity contribution in [3.8, 4) is 5.69 Å². The van der Waals surface area contributed by atoms with Crippen LogP contribution in [0, 0.1) is 13.8 Å². The first kappa shape index (κ1) is 13.3. The van der Waals surface area contributed by atoms with E-state index in [1.165, 1.54) is 0 Å². The average Bonchev–Trinajstić information content (AvgIpc) is 2.75. The lowest BCUT2D eigenvalue weighted by Gasteiger charge is -2.06. The van der Waals surface area contributed by atoms with Crippen LogP contribution in [0.15, 0.2) is 30.3 Å². The van der Waals surface area contributed by atoms with Gasteiger partial charge in [-0.05, 0) is 51.1 Å². The summed E-state index contributed by atoms with van der Waals surface area (Å²) in [4.78, 5) is 16.5. The Balaban J connectivity index is 2.19. The van der Waals surface area contributed by atoms with Gasteiger partial charge >= 0.3 is 0 Å². The quantitative estimate of drug-likeness (QED) is 0.856. The molecular formula is C14H17N3O2. The summed E-state index contributed by atoms with van der Waals surface area (Å²) in [5.74, 6) is -0.248. The van der Waals surface area contributed by atoms with Crippen LogP contribution in [-0.4, -0.2) is 22.3 Å². The van der Waals surface area contributed by atoms with Crippen molar-refractivity contribution >= 4 is 5.91 Å². The Morgan fingerprint density at radius 2 is 2.00 bits per heavy atom. The Hall–Kier alpha value is -2.14. The van der Waals surface area contributed by atoms with Crippen molar-refractivity contribution in [1.82, 2.24) is 15.3 Å². The van der Waals surface area contributed by atoms with Gasteiger partial charge in [0.25, 0.3) is 5.91 Å². The summed E-state index contributed by atoms with van der Waals surface area (Å²) in [6.45, 7) is 6.20. The fourth-order valence-electron chi connectivity index (χ4n) is 1.84. The number of hydrogen-bond donors (Lipinski definition) is 1. The third-order valence-corrected chi connectivity index (χ3v) is 2.69. The van der Waals surface area contributed by atoms with Crippen LogP contribution in [0.4, 0.5) is 0 Å². The zero-order valence-electron chi connectivity index (χ0n) is 11.3. The molecule has 2 rings (SSSR count).